The summed E-state index contributed by atoms with van der Waals surface area (Å²) >= 11 is 0. The fourth-order valence-corrected chi connectivity index (χ4v) is 1.37. The highest BCUT2D eigenvalue weighted by molar-refractivity contribution is 5.69. The summed E-state index contributed by atoms with van der Waals surface area (Å²) in [6.45, 7) is 0.212. The highest BCUT2D eigenvalue weighted by Crippen LogP contribution is 2.06. The van der Waals surface area contributed by atoms with Crippen LogP contribution in [0, 0.1) is 11.3 Å². The minimum Gasteiger partial charge on any atom is -0.461 e. The van der Waals surface area contributed by atoms with E-state index in [9.17, 15) is 4.79 Å². The molecule has 0 atom stereocenters. The van der Waals surface area contributed by atoms with Gasteiger partial charge in [-0.1, -0.05) is 18.2 Å². The minimum absolute atomic E-state index is 0.212. The zero-order chi connectivity index (χ0) is 13.2. The van der Waals surface area contributed by atoms with Gasteiger partial charge in [0.25, 0.3) is 0 Å². The maximum Gasteiger partial charge on any atom is 0.306 e. The summed E-state index contributed by atoms with van der Waals surface area (Å²) in [6, 6.07) is 9.08. The SMILES string of the molecule is CN/C=C/CCC(=O)OCc1cccc(C#N)c1. The summed E-state index contributed by atoms with van der Waals surface area (Å²) in [5, 5.41) is 11.6. The number of carbonyl (C=O) groups is 1. The summed E-state index contributed by atoms with van der Waals surface area (Å²) in [5.41, 5.74) is 1.40. The van der Waals surface area contributed by atoms with Crippen molar-refractivity contribution in [2.75, 3.05) is 7.05 Å². The Morgan fingerprint density at radius 2 is 2.39 bits per heavy atom. The molecule has 0 radical (unpaired) electrons. The number of allylic oxidation sites excluding steroid dienone is 1. The van der Waals surface area contributed by atoms with Crippen LogP contribution in [-0.4, -0.2) is 13.0 Å². The predicted molar refractivity (Wildman–Crippen MR) is 68.4 cm³/mol. The highest BCUT2D eigenvalue weighted by atomic mass is 16.5. The number of hydrogen-bond acceptors (Lipinski definition) is 4. The molecule has 1 aromatic rings. The largest absolute Gasteiger partial charge is 0.461 e. The molecule has 0 unspecified atom stereocenters. The first-order valence-corrected chi connectivity index (χ1v) is 5.73. The maximum absolute atomic E-state index is 11.4. The van der Waals surface area contributed by atoms with Crippen LogP contribution in [0.2, 0.25) is 0 Å². The number of nitrogens with zero attached hydrogens (tertiary/aromatic N) is 1. The summed E-state index contributed by atoms with van der Waals surface area (Å²) in [4.78, 5) is 11.4. The molecule has 0 heterocycles. The van der Waals surface area contributed by atoms with Gasteiger partial charge in [-0.3, -0.25) is 4.79 Å². The molecule has 18 heavy (non-hydrogen) atoms. The van der Waals surface area contributed by atoms with Gasteiger partial charge >= 0.3 is 5.97 Å². The summed E-state index contributed by atoms with van der Waals surface area (Å²) in [7, 11) is 1.80. The summed E-state index contributed by atoms with van der Waals surface area (Å²) < 4.78 is 5.11. The third-order valence-electron chi connectivity index (χ3n) is 2.26. The van der Waals surface area contributed by atoms with Gasteiger partial charge in [0, 0.05) is 13.5 Å². The average molecular weight is 244 g/mol. The van der Waals surface area contributed by atoms with E-state index in [0.717, 1.165) is 5.56 Å². The van der Waals surface area contributed by atoms with Crippen LogP contribution in [0.25, 0.3) is 0 Å². The van der Waals surface area contributed by atoms with Crippen molar-refractivity contribution < 1.29 is 9.53 Å². The number of ether oxygens (including phenoxy) is 1. The second-order valence-corrected chi connectivity index (χ2v) is 3.70. The van der Waals surface area contributed by atoms with E-state index in [0.29, 0.717) is 18.4 Å². The third kappa shape index (κ3) is 5.17. The molecule has 94 valence electrons. The lowest BCUT2D eigenvalue weighted by Crippen LogP contribution is -2.04. The van der Waals surface area contributed by atoms with Crippen molar-refractivity contribution in [3.8, 4) is 6.07 Å². The van der Waals surface area contributed by atoms with Crippen LogP contribution in [-0.2, 0) is 16.1 Å². The summed E-state index contributed by atoms with van der Waals surface area (Å²) in [6.07, 6.45) is 4.66. The number of benzene rings is 1. The van der Waals surface area contributed by atoms with Crippen molar-refractivity contribution in [3.05, 3.63) is 47.7 Å². The number of rotatable bonds is 6. The zero-order valence-electron chi connectivity index (χ0n) is 10.3. The van der Waals surface area contributed by atoms with Crippen LogP contribution in [0.5, 0.6) is 0 Å². The maximum atomic E-state index is 11.4. The molecule has 4 nitrogen and oxygen atoms in total. The molecule has 1 N–H and O–H groups in total. The first-order valence-electron chi connectivity index (χ1n) is 5.73. The van der Waals surface area contributed by atoms with E-state index in [2.05, 4.69) is 5.32 Å². The van der Waals surface area contributed by atoms with E-state index >= 15 is 0 Å². The number of hydrogen-bond donors (Lipinski definition) is 1. The molecular weight excluding hydrogens is 228 g/mol. The average Bonchev–Trinajstić information content (AvgIpc) is 2.41. The standard InChI is InChI=1S/C14H16N2O2/c1-16-8-3-2-7-14(17)18-11-13-6-4-5-12(9-13)10-15/h3-6,8-9,16H,2,7,11H2,1H3/b8-3+. The van der Waals surface area contributed by atoms with E-state index in [-0.39, 0.29) is 12.6 Å². The zero-order valence-corrected chi connectivity index (χ0v) is 10.3. The molecular formula is C14H16N2O2. The third-order valence-corrected chi connectivity index (χ3v) is 2.26. The monoisotopic (exact) mass is 244 g/mol. The molecule has 0 aromatic heterocycles. The van der Waals surface area contributed by atoms with Crippen molar-refractivity contribution in [1.82, 2.24) is 5.32 Å². The molecule has 0 bridgehead atoms. The van der Waals surface area contributed by atoms with Crippen LogP contribution in [0.15, 0.2) is 36.5 Å². The van der Waals surface area contributed by atoms with Gasteiger partial charge in [-0.05, 0) is 30.3 Å². The fourth-order valence-electron chi connectivity index (χ4n) is 1.37. The minimum atomic E-state index is -0.238. The van der Waals surface area contributed by atoms with Gasteiger partial charge in [0.2, 0.25) is 0 Å². The molecule has 4 heteroatoms. The smallest absolute Gasteiger partial charge is 0.306 e. The van der Waals surface area contributed by atoms with E-state index in [1.807, 2.05) is 18.2 Å². The van der Waals surface area contributed by atoms with Crippen LogP contribution in [0.4, 0.5) is 0 Å². The Morgan fingerprint density at radius 1 is 1.56 bits per heavy atom. The molecule has 0 aliphatic carbocycles. The second kappa shape index (κ2) is 7.91. The van der Waals surface area contributed by atoms with Crippen LogP contribution in [0.1, 0.15) is 24.0 Å². The predicted octanol–water partition coefficient (Wildman–Crippen LogP) is 2.11. The first kappa shape index (κ1) is 13.8. The van der Waals surface area contributed by atoms with Crippen molar-refractivity contribution in [3.63, 3.8) is 0 Å². The number of carbonyl (C=O) groups excluding carboxylic acids is 1. The van der Waals surface area contributed by atoms with Crippen molar-refractivity contribution in [2.45, 2.75) is 19.4 Å². The Balaban J connectivity index is 2.33. The normalized spacial score (nSPS) is 10.0. The Bertz CT molecular complexity index is 461. The van der Waals surface area contributed by atoms with E-state index in [1.165, 1.54) is 0 Å². The van der Waals surface area contributed by atoms with Crippen LogP contribution < -0.4 is 5.32 Å². The fraction of sp³-hybridized carbons (Fsp3) is 0.286. The molecule has 0 aliphatic heterocycles. The topological polar surface area (TPSA) is 62.1 Å². The van der Waals surface area contributed by atoms with Gasteiger partial charge in [0.15, 0.2) is 0 Å². The molecule has 0 saturated carbocycles. The number of esters is 1. The van der Waals surface area contributed by atoms with Gasteiger partial charge in [0.1, 0.15) is 6.61 Å². The molecule has 0 amide bonds. The van der Waals surface area contributed by atoms with E-state index in [1.54, 1.807) is 31.4 Å². The van der Waals surface area contributed by atoms with Crippen molar-refractivity contribution in [1.29, 1.82) is 5.26 Å². The lowest BCUT2D eigenvalue weighted by atomic mass is 10.1. The second-order valence-electron chi connectivity index (χ2n) is 3.70. The molecule has 0 saturated heterocycles. The Hall–Kier alpha value is -2.28. The lowest BCUT2D eigenvalue weighted by molar-refractivity contribution is -0.144. The van der Waals surface area contributed by atoms with Crippen molar-refractivity contribution in [2.24, 2.45) is 0 Å². The Labute approximate surface area is 107 Å². The van der Waals surface area contributed by atoms with Crippen LogP contribution in [0.3, 0.4) is 0 Å². The molecule has 0 fully saturated rings. The van der Waals surface area contributed by atoms with Crippen molar-refractivity contribution >= 4 is 5.97 Å². The molecule has 1 aromatic carbocycles. The summed E-state index contributed by atoms with van der Waals surface area (Å²) in [5.74, 6) is -0.238. The van der Waals surface area contributed by atoms with Gasteiger partial charge in [-0.25, -0.2) is 0 Å². The van der Waals surface area contributed by atoms with Crippen LogP contribution >= 0.6 is 0 Å². The van der Waals surface area contributed by atoms with E-state index < -0.39 is 0 Å². The van der Waals surface area contributed by atoms with Gasteiger partial charge in [0.05, 0.1) is 11.6 Å². The quantitative estimate of drug-likeness (QED) is 0.778. The first-order chi connectivity index (χ1) is 8.76. The Kier molecular flexibility index (Phi) is 6.05. The molecule has 0 spiro atoms. The van der Waals surface area contributed by atoms with Gasteiger partial charge in [-0.2, -0.15) is 5.26 Å². The number of nitrogens with one attached hydrogen (secondary N) is 1. The highest BCUT2D eigenvalue weighted by Gasteiger charge is 2.02. The Morgan fingerprint density at radius 3 is 3.11 bits per heavy atom. The van der Waals surface area contributed by atoms with Gasteiger partial charge < -0.3 is 10.1 Å². The molecule has 1 rings (SSSR count). The van der Waals surface area contributed by atoms with E-state index in [4.69, 9.17) is 10.00 Å². The number of nitriles is 1. The lowest BCUT2D eigenvalue weighted by Gasteiger charge is -2.04. The molecule has 0 aliphatic rings. The van der Waals surface area contributed by atoms with Gasteiger partial charge in [-0.15, -0.1) is 0 Å².